The maximum atomic E-state index is 12.8. The van der Waals surface area contributed by atoms with Gasteiger partial charge in [0.1, 0.15) is 0 Å². The minimum Gasteiger partial charge on any atom is -0.395 e. The minimum absolute atomic E-state index is 0.00941. The Labute approximate surface area is 198 Å². The molecule has 0 spiro atoms. The van der Waals surface area contributed by atoms with Crippen molar-refractivity contribution in [3.63, 3.8) is 0 Å². The molecule has 0 saturated carbocycles. The van der Waals surface area contributed by atoms with Crippen molar-refractivity contribution in [3.8, 4) is 0 Å². The van der Waals surface area contributed by atoms with Crippen LogP contribution in [0.25, 0.3) is 0 Å². The van der Waals surface area contributed by atoms with Gasteiger partial charge in [-0.05, 0) is 23.8 Å². The van der Waals surface area contributed by atoms with Gasteiger partial charge in [-0.25, -0.2) is 0 Å². The van der Waals surface area contributed by atoms with Crippen molar-refractivity contribution in [2.24, 2.45) is 5.92 Å². The summed E-state index contributed by atoms with van der Waals surface area (Å²) in [6.07, 6.45) is 3.87. The van der Waals surface area contributed by atoms with Crippen LogP contribution in [0.1, 0.15) is 30.9 Å². The van der Waals surface area contributed by atoms with Crippen molar-refractivity contribution in [1.82, 2.24) is 4.90 Å². The topological polar surface area (TPSA) is 110 Å². The number of carbonyl (C=O) groups excluding carboxylic acids is 3. The van der Waals surface area contributed by atoms with Crippen LogP contribution < -0.4 is 10.2 Å². The van der Waals surface area contributed by atoms with Crippen molar-refractivity contribution >= 4 is 29.1 Å². The summed E-state index contributed by atoms with van der Waals surface area (Å²) in [5, 5.41) is 23.5. The Morgan fingerprint density at radius 2 is 2.00 bits per heavy atom. The Bertz CT molecular complexity index is 1120. The number of rotatable bonds is 9. The molecule has 8 heteroatoms. The highest BCUT2D eigenvalue weighted by atomic mass is 16.3. The van der Waals surface area contributed by atoms with Gasteiger partial charge in [0, 0.05) is 55.3 Å². The maximum absolute atomic E-state index is 12.8. The first-order chi connectivity index (χ1) is 16.3. The molecule has 2 aliphatic heterocycles. The van der Waals surface area contributed by atoms with Crippen molar-refractivity contribution < 1.29 is 24.6 Å². The summed E-state index contributed by atoms with van der Waals surface area (Å²) in [6.45, 7) is 2.79. The van der Waals surface area contributed by atoms with Crippen molar-refractivity contribution in [2.75, 3.05) is 29.9 Å². The number of fused-ring (bicyclic) bond motifs is 1. The van der Waals surface area contributed by atoms with Crippen molar-refractivity contribution in [1.29, 1.82) is 0 Å². The Hall–Kier alpha value is -3.49. The fraction of sp³-hybridized carbons (Fsp3) is 0.346. The molecule has 1 fully saturated rings. The molecule has 2 aromatic carbocycles. The Morgan fingerprint density at radius 1 is 1.24 bits per heavy atom. The number of amides is 3. The number of nitrogens with one attached hydrogen (secondary N) is 1. The van der Waals surface area contributed by atoms with E-state index in [4.69, 9.17) is 0 Å². The Morgan fingerprint density at radius 3 is 2.65 bits per heavy atom. The molecule has 1 saturated heterocycles. The summed E-state index contributed by atoms with van der Waals surface area (Å²) in [6, 6.07) is 14.7. The first-order valence-corrected chi connectivity index (χ1v) is 11.4. The molecule has 4 rings (SSSR count). The highest BCUT2D eigenvalue weighted by molar-refractivity contribution is 6.06. The summed E-state index contributed by atoms with van der Waals surface area (Å²) < 4.78 is 0. The molecule has 34 heavy (non-hydrogen) atoms. The van der Waals surface area contributed by atoms with Gasteiger partial charge in [-0.1, -0.05) is 49.4 Å². The van der Waals surface area contributed by atoms with Crippen LogP contribution in [-0.4, -0.2) is 52.5 Å². The van der Waals surface area contributed by atoms with E-state index in [9.17, 15) is 24.6 Å². The van der Waals surface area contributed by atoms with Crippen LogP contribution in [0.15, 0.2) is 60.7 Å². The lowest BCUT2D eigenvalue weighted by Crippen LogP contribution is -2.44. The van der Waals surface area contributed by atoms with Gasteiger partial charge in [0.05, 0.1) is 6.61 Å². The van der Waals surface area contributed by atoms with E-state index in [2.05, 4.69) is 5.32 Å². The summed E-state index contributed by atoms with van der Waals surface area (Å²) in [4.78, 5) is 40.5. The smallest absolute Gasteiger partial charge is 0.261 e. The lowest BCUT2D eigenvalue weighted by molar-refractivity contribution is -0.137. The van der Waals surface area contributed by atoms with Gasteiger partial charge in [0.25, 0.3) is 5.91 Å². The minimum atomic E-state index is -1.81. The molecule has 3 N–H and O–H groups in total. The molecular weight excluding hydrogens is 434 g/mol. The number of hydrogen-bond donors (Lipinski definition) is 3. The Kier molecular flexibility index (Phi) is 6.81. The Balaban J connectivity index is 1.46. The van der Waals surface area contributed by atoms with Gasteiger partial charge in [0.15, 0.2) is 5.60 Å². The second-order valence-electron chi connectivity index (χ2n) is 8.69. The second-order valence-corrected chi connectivity index (χ2v) is 8.69. The number of aliphatic hydroxyl groups excluding tert-OH is 1. The summed E-state index contributed by atoms with van der Waals surface area (Å²) >= 11 is 0. The van der Waals surface area contributed by atoms with Gasteiger partial charge in [-0.3, -0.25) is 14.4 Å². The normalized spacial score (nSPS) is 20.1. The third-order valence-electron chi connectivity index (χ3n) is 6.49. The molecule has 0 aliphatic carbocycles. The second kappa shape index (κ2) is 9.79. The molecule has 2 aromatic rings. The van der Waals surface area contributed by atoms with Crippen molar-refractivity contribution in [3.05, 3.63) is 71.8 Å². The predicted molar refractivity (Wildman–Crippen MR) is 128 cm³/mol. The van der Waals surface area contributed by atoms with Crippen LogP contribution in [-0.2, 0) is 26.5 Å². The van der Waals surface area contributed by atoms with E-state index in [-0.39, 0.29) is 31.4 Å². The molecule has 0 bridgehead atoms. The van der Waals surface area contributed by atoms with Gasteiger partial charge in [-0.2, -0.15) is 0 Å². The first kappa shape index (κ1) is 23.7. The van der Waals surface area contributed by atoms with Crippen LogP contribution in [0.5, 0.6) is 0 Å². The molecule has 3 amide bonds. The lowest BCUT2D eigenvalue weighted by atomic mass is 9.82. The number of aliphatic hydroxyl groups is 2. The van der Waals surface area contributed by atoms with Gasteiger partial charge in [-0.15, -0.1) is 0 Å². The van der Waals surface area contributed by atoms with E-state index in [1.54, 1.807) is 47.1 Å². The van der Waals surface area contributed by atoms with E-state index in [1.165, 1.54) is 0 Å². The molecule has 0 radical (unpaired) electrons. The molecule has 2 aliphatic rings. The molecule has 0 aromatic heterocycles. The number of hydrogen-bond acceptors (Lipinski definition) is 5. The number of carbonyl (C=O) groups is 3. The number of β-lactam (4-membered cyclic amide) rings is 1. The fourth-order valence-electron chi connectivity index (χ4n) is 4.36. The maximum Gasteiger partial charge on any atom is 0.261 e. The summed E-state index contributed by atoms with van der Waals surface area (Å²) in [7, 11) is 0. The van der Waals surface area contributed by atoms with Crippen LogP contribution in [0.2, 0.25) is 0 Å². The number of benzene rings is 2. The fourth-order valence-corrected chi connectivity index (χ4v) is 4.36. The lowest BCUT2D eigenvalue weighted by Gasteiger charge is -2.32. The monoisotopic (exact) mass is 463 g/mol. The third-order valence-corrected chi connectivity index (χ3v) is 6.49. The number of nitrogens with zero attached hydrogens (tertiary/aromatic N) is 2. The SMILES string of the molecule is C[C@@H](/C=C/CC(=O)N(CCO)Cc1ccccc1)[C@]1(O)C(=O)Nc2ccc(N3CCC3=O)cc21. The van der Waals surface area contributed by atoms with E-state index in [0.717, 1.165) is 5.56 Å². The van der Waals surface area contributed by atoms with Crippen LogP contribution in [0.3, 0.4) is 0 Å². The van der Waals surface area contributed by atoms with Gasteiger partial charge in [0.2, 0.25) is 11.8 Å². The highest BCUT2D eigenvalue weighted by Crippen LogP contribution is 2.43. The largest absolute Gasteiger partial charge is 0.395 e. The third kappa shape index (κ3) is 4.47. The molecule has 2 heterocycles. The summed E-state index contributed by atoms with van der Waals surface area (Å²) in [5.74, 6) is -1.31. The summed E-state index contributed by atoms with van der Waals surface area (Å²) in [5.41, 5.74) is 0.735. The molecule has 8 nitrogen and oxygen atoms in total. The highest BCUT2D eigenvalue weighted by Gasteiger charge is 2.49. The average Bonchev–Trinajstić information content (AvgIpc) is 3.09. The van der Waals surface area contributed by atoms with Gasteiger partial charge < -0.3 is 25.3 Å². The van der Waals surface area contributed by atoms with Crippen LogP contribution >= 0.6 is 0 Å². The van der Waals surface area contributed by atoms with Crippen LogP contribution in [0, 0.1) is 5.92 Å². The van der Waals surface area contributed by atoms with E-state index in [1.807, 2.05) is 30.3 Å². The van der Waals surface area contributed by atoms with E-state index in [0.29, 0.717) is 36.4 Å². The molecule has 0 unspecified atom stereocenters. The zero-order valence-electron chi connectivity index (χ0n) is 19.1. The van der Waals surface area contributed by atoms with E-state index < -0.39 is 17.4 Å². The quantitative estimate of drug-likeness (QED) is 0.390. The van der Waals surface area contributed by atoms with Crippen LogP contribution in [0.4, 0.5) is 11.4 Å². The van der Waals surface area contributed by atoms with Crippen molar-refractivity contribution in [2.45, 2.75) is 31.9 Å². The molecule has 2 atom stereocenters. The average molecular weight is 464 g/mol. The number of anilines is 2. The van der Waals surface area contributed by atoms with Gasteiger partial charge >= 0.3 is 0 Å². The van der Waals surface area contributed by atoms with E-state index >= 15 is 0 Å². The predicted octanol–water partition coefficient (Wildman–Crippen LogP) is 2.17. The first-order valence-electron chi connectivity index (χ1n) is 11.4. The zero-order chi connectivity index (χ0) is 24.3. The standard InChI is InChI=1S/C26H29N3O5/c1-18(6-5-9-23(31)28(14-15-30)17-19-7-3-2-4-8-19)26(34)21-16-20(29-13-12-24(29)32)10-11-22(21)27-25(26)33/h2-8,10-11,16,18,30,34H,9,12-15,17H2,1H3,(H,27,33)/b6-5+/t18-,26+/m0/s1. The zero-order valence-corrected chi connectivity index (χ0v) is 19.1. The molecule has 178 valence electrons. The molecular formula is C26H29N3O5.